The predicted molar refractivity (Wildman–Crippen MR) is 278 cm³/mol. The zero-order valence-electron chi connectivity index (χ0n) is 43.7. The van der Waals surface area contributed by atoms with E-state index in [4.69, 9.17) is 33.8 Å². The molecule has 0 radical (unpaired) electrons. The summed E-state index contributed by atoms with van der Waals surface area (Å²) in [6.45, 7) is 2.15. The Labute approximate surface area is 449 Å². The number of nitrogens with one attached hydrogen (secondary N) is 8. The number of aldehydes is 1. The highest BCUT2D eigenvalue weighted by Crippen LogP contribution is 2.21. The van der Waals surface area contributed by atoms with Gasteiger partial charge in [0.15, 0.2) is 11.9 Å². The van der Waals surface area contributed by atoms with Crippen LogP contribution in [0.2, 0.25) is 0 Å². The lowest BCUT2D eigenvalue weighted by Crippen LogP contribution is -2.63. The molecule has 9 amide bonds. The lowest BCUT2D eigenvalue weighted by molar-refractivity contribution is -0.142. The number of aliphatic imine (C=N–C) groups is 2. The summed E-state index contributed by atoms with van der Waals surface area (Å²) in [5.41, 5.74) is 27.7. The summed E-state index contributed by atoms with van der Waals surface area (Å²) in [7, 11) is 0. The number of aliphatic carboxylic acids is 1. The van der Waals surface area contributed by atoms with Crippen molar-refractivity contribution in [2.45, 2.75) is 145 Å². The van der Waals surface area contributed by atoms with Crippen LogP contribution < -0.4 is 71.2 Å². The third-order valence-electron chi connectivity index (χ3n) is 12.0. The first-order valence-corrected chi connectivity index (χ1v) is 25.0. The number of carboxylic acid groups (broad SMARTS) is 1. The number of hydrogen-bond donors (Lipinski definition) is 17. The molecule has 1 aliphatic heterocycles. The van der Waals surface area contributed by atoms with Gasteiger partial charge in [-0.05, 0) is 71.3 Å². The van der Waals surface area contributed by atoms with Gasteiger partial charge in [-0.25, -0.2) is 0 Å². The highest BCUT2D eigenvalue weighted by atomic mass is 16.4. The van der Waals surface area contributed by atoms with Crippen LogP contribution in [0.5, 0.6) is 0 Å². The van der Waals surface area contributed by atoms with E-state index in [0.717, 1.165) is 13.8 Å². The SMILES string of the molecule is C[C@H](NC(=O)[C@H](Cc1ccccc1)NC(=O)[C@H](CO)NC(=O)[C@@H](NC(=O)[C@@H](NC(=O)[C@H](CCCN=C(N)N)NC(=O)[C@@H]1CCCN1C(=O)[C@H](CCCN=C(N)N)NC(=O)CN)[C@@H](C)O)[C@@H](C)O)C(=O)N[C@H](C=O)CCC(=O)O. The molecule has 78 heavy (non-hydrogen) atoms. The maximum absolute atomic E-state index is 14.0. The minimum absolute atomic E-state index is 0.0157. The lowest BCUT2D eigenvalue weighted by atomic mass is 10.0. The van der Waals surface area contributed by atoms with Crippen LogP contribution in [0.3, 0.4) is 0 Å². The van der Waals surface area contributed by atoms with Gasteiger partial charge < -0.3 is 101 Å². The Bertz CT molecular complexity index is 2280. The number of nitrogens with zero attached hydrogens (tertiary/aromatic N) is 3. The molecule has 31 nitrogen and oxygen atoms in total. The molecule has 31 heteroatoms. The molecule has 0 saturated carbocycles. The van der Waals surface area contributed by atoms with E-state index in [2.05, 4.69) is 52.5 Å². The Morgan fingerprint density at radius 2 is 1.19 bits per heavy atom. The predicted octanol–water partition coefficient (Wildman–Crippen LogP) is -8.00. The number of likely N-dealkylation sites (tertiary alicyclic amines) is 1. The van der Waals surface area contributed by atoms with Crippen molar-refractivity contribution in [3.63, 3.8) is 0 Å². The van der Waals surface area contributed by atoms with Crippen molar-refractivity contribution in [3.05, 3.63) is 35.9 Å². The van der Waals surface area contributed by atoms with Crippen LogP contribution >= 0.6 is 0 Å². The Kier molecular flexibility index (Phi) is 28.7. The molecular formula is C47H76N16O15. The van der Waals surface area contributed by atoms with Gasteiger partial charge in [0, 0.05) is 32.5 Å². The Balaban J connectivity index is 2.31. The summed E-state index contributed by atoms with van der Waals surface area (Å²) in [6.07, 6.45) is -3.18. The number of aliphatic hydroxyl groups excluding tert-OH is 3. The third kappa shape index (κ3) is 23.1. The van der Waals surface area contributed by atoms with Crippen molar-refractivity contribution in [2.75, 3.05) is 32.8 Å². The summed E-state index contributed by atoms with van der Waals surface area (Å²) in [4.78, 5) is 153. The molecule has 0 aromatic heterocycles. The molecule has 1 aromatic rings. The van der Waals surface area contributed by atoms with E-state index in [9.17, 15) is 68.1 Å². The first-order chi connectivity index (χ1) is 36.8. The standard InChI is InChI=1S/C47H76N16O15/c1-24(38(71)56-28(22-64)15-16-35(69)70)55-40(73)31(20-27-10-5-4-6-11-27)59-41(74)32(23-65)60-43(76)36(25(2)66)62-44(77)37(26(3)67)61-39(72)29(12-7-17-53-46(49)50)58-42(75)33-14-9-19-63(33)45(78)30(57-34(68)21-48)13-8-18-54-47(51)52/h4-6,10-11,22,24-26,28-33,36-37,65-67H,7-9,12-21,23,48H2,1-3H3,(H,55,73)(H,56,71)(H,57,68)(H,58,75)(H,59,74)(H,60,76)(H,61,72)(H,62,77)(H,69,70)(H4,49,50,53)(H4,51,52,54)/t24-,25+,26+,28-,29-,30-,31-,32-,33-,36-,37-/m0/s1. The molecule has 0 unspecified atom stereocenters. The first-order valence-electron chi connectivity index (χ1n) is 25.0. The number of amides is 9. The minimum atomic E-state index is -1.93. The zero-order chi connectivity index (χ0) is 58.6. The summed E-state index contributed by atoms with van der Waals surface area (Å²) in [5.74, 6) is -10.2. The van der Waals surface area contributed by atoms with E-state index >= 15 is 0 Å². The Hall–Kier alpha value is -8.03. The molecule has 1 fully saturated rings. The molecule has 1 aromatic carbocycles. The van der Waals surface area contributed by atoms with Crippen LogP contribution in [0.1, 0.15) is 77.7 Å². The summed E-state index contributed by atoms with van der Waals surface area (Å²) in [5, 5.41) is 59.7. The smallest absolute Gasteiger partial charge is 0.303 e. The number of rotatable bonds is 34. The number of benzene rings is 1. The summed E-state index contributed by atoms with van der Waals surface area (Å²) < 4.78 is 0. The van der Waals surface area contributed by atoms with Crippen molar-refractivity contribution >= 4 is 77.3 Å². The van der Waals surface area contributed by atoms with Crippen LogP contribution in [0.15, 0.2) is 40.3 Å². The molecule has 1 heterocycles. The molecule has 11 atom stereocenters. The van der Waals surface area contributed by atoms with Gasteiger partial charge in [0.1, 0.15) is 54.6 Å². The monoisotopic (exact) mass is 1100 g/mol. The third-order valence-corrected chi connectivity index (χ3v) is 12.0. The molecular weight excluding hydrogens is 1030 g/mol. The fourth-order valence-electron chi connectivity index (χ4n) is 7.79. The lowest BCUT2D eigenvalue weighted by Gasteiger charge is -2.31. The van der Waals surface area contributed by atoms with E-state index < -0.39 is 145 Å². The average molecular weight is 1110 g/mol. The zero-order valence-corrected chi connectivity index (χ0v) is 43.7. The van der Waals surface area contributed by atoms with Crippen molar-refractivity contribution in [3.8, 4) is 0 Å². The van der Waals surface area contributed by atoms with Crippen LogP contribution in [-0.2, 0) is 59.2 Å². The van der Waals surface area contributed by atoms with Gasteiger partial charge in [-0.3, -0.25) is 57.9 Å². The number of hydrogen-bond acceptors (Lipinski definition) is 17. The highest BCUT2D eigenvalue weighted by Gasteiger charge is 2.40. The van der Waals surface area contributed by atoms with E-state index in [1.165, 1.54) is 11.8 Å². The van der Waals surface area contributed by atoms with E-state index in [1.807, 2.05) is 0 Å². The van der Waals surface area contributed by atoms with Crippen molar-refractivity contribution in [1.82, 2.24) is 47.4 Å². The van der Waals surface area contributed by atoms with Gasteiger partial charge in [-0.15, -0.1) is 0 Å². The van der Waals surface area contributed by atoms with Gasteiger partial charge in [-0.2, -0.15) is 0 Å². The normalized spacial score (nSPS) is 16.7. The molecule has 1 saturated heterocycles. The van der Waals surface area contributed by atoms with Gasteiger partial charge in [0.05, 0.1) is 31.4 Å². The highest BCUT2D eigenvalue weighted by molar-refractivity contribution is 5.99. The topological polar surface area (TPSA) is 523 Å². The molecule has 2 rings (SSSR count). The van der Waals surface area contributed by atoms with E-state index in [-0.39, 0.29) is 76.5 Å². The van der Waals surface area contributed by atoms with Crippen LogP contribution in [0, 0.1) is 0 Å². The van der Waals surface area contributed by atoms with Crippen molar-refractivity contribution < 1.29 is 73.2 Å². The van der Waals surface area contributed by atoms with Crippen LogP contribution in [0.25, 0.3) is 0 Å². The minimum Gasteiger partial charge on any atom is -0.481 e. The van der Waals surface area contributed by atoms with Gasteiger partial charge >= 0.3 is 5.97 Å². The number of carbonyl (C=O) groups excluding carboxylic acids is 10. The second-order valence-electron chi connectivity index (χ2n) is 18.3. The molecule has 22 N–H and O–H groups in total. The molecule has 0 aliphatic carbocycles. The average Bonchev–Trinajstić information content (AvgIpc) is 3.89. The molecule has 0 spiro atoms. The van der Waals surface area contributed by atoms with Gasteiger partial charge in [0.2, 0.25) is 53.2 Å². The van der Waals surface area contributed by atoms with Crippen molar-refractivity contribution in [1.29, 1.82) is 0 Å². The Morgan fingerprint density at radius 1 is 0.667 bits per heavy atom. The van der Waals surface area contributed by atoms with Crippen molar-refractivity contribution in [2.24, 2.45) is 38.7 Å². The summed E-state index contributed by atoms with van der Waals surface area (Å²) >= 11 is 0. The fraction of sp³-hybridized carbons (Fsp3) is 0.596. The second-order valence-corrected chi connectivity index (χ2v) is 18.3. The molecule has 0 bridgehead atoms. The summed E-state index contributed by atoms with van der Waals surface area (Å²) in [6, 6.07) is -5.16. The first kappa shape index (κ1) is 66.1. The van der Waals surface area contributed by atoms with Gasteiger partial charge in [0.25, 0.3) is 0 Å². The number of nitrogens with two attached hydrogens (primary N) is 5. The largest absolute Gasteiger partial charge is 0.481 e. The number of carbonyl (C=O) groups is 11. The molecule has 1 aliphatic rings. The quantitative estimate of drug-likeness (QED) is 0.0132. The number of aliphatic hydroxyl groups is 3. The van der Waals surface area contributed by atoms with E-state index in [0.29, 0.717) is 18.3 Å². The number of carboxylic acids is 1. The van der Waals surface area contributed by atoms with Crippen LogP contribution in [0.4, 0.5) is 0 Å². The van der Waals surface area contributed by atoms with Crippen LogP contribution in [-0.4, -0.2) is 202 Å². The molecule has 434 valence electrons. The van der Waals surface area contributed by atoms with E-state index in [1.54, 1.807) is 30.3 Å². The van der Waals surface area contributed by atoms with Gasteiger partial charge in [-0.1, -0.05) is 30.3 Å². The number of guanidine groups is 2. The maximum atomic E-state index is 14.0. The second kappa shape index (κ2) is 33.9. The Morgan fingerprint density at radius 3 is 1.72 bits per heavy atom. The fourth-order valence-corrected chi connectivity index (χ4v) is 7.79. The maximum Gasteiger partial charge on any atom is 0.303 e.